The molecule has 0 amide bonds. The fraction of sp³-hybridized carbons (Fsp3) is 0.0833. The predicted octanol–water partition coefficient (Wildman–Crippen LogP) is 1.47. The maximum absolute atomic E-state index is 11.6. The number of hydrogen-bond acceptors (Lipinski definition) is 4. The van der Waals surface area contributed by atoms with E-state index in [4.69, 9.17) is 17.3 Å². The summed E-state index contributed by atoms with van der Waals surface area (Å²) in [4.78, 5) is 25.2. The number of hydrogen-bond donors (Lipinski definition) is 3. The zero-order chi connectivity index (χ0) is 13.4. The zero-order valence-corrected chi connectivity index (χ0v) is 10.5. The minimum Gasteiger partial charge on any atom is -0.369 e. The lowest BCUT2D eigenvalue weighted by atomic mass is 10.1. The van der Waals surface area contributed by atoms with Crippen LogP contribution in [-0.4, -0.2) is 19.9 Å². The van der Waals surface area contributed by atoms with E-state index in [9.17, 15) is 4.79 Å². The van der Waals surface area contributed by atoms with Gasteiger partial charge in [-0.2, -0.15) is 4.98 Å². The van der Waals surface area contributed by atoms with Gasteiger partial charge in [-0.05, 0) is 17.7 Å². The van der Waals surface area contributed by atoms with Crippen LogP contribution in [-0.2, 0) is 6.42 Å². The second-order valence-corrected chi connectivity index (χ2v) is 4.57. The molecule has 0 atom stereocenters. The highest BCUT2D eigenvalue weighted by Crippen LogP contribution is 2.13. The van der Waals surface area contributed by atoms with Crippen LogP contribution in [0.4, 0.5) is 5.95 Å². The van der Waals surface area contributed by atoms with Gasteiger partial charge in [0.05, 0.1) is 0 Å². The van der Waals surface area contributed by atoms with E-state index >= 15 is 0 Å². The quantitative estimate of drug-likeness (QED) is 0.659. The third kappa shape index (κ3) is 2.30. The van der Waals surface area contributed by atoms with Crippen molar-refractivity contribution in [3.63, 3.8) is 0 Å². The van der Waals surface area contributed by atoms with E-state index < -0.39 is 0 Å². The van der Waals surface area contributed by atoms with Gasteiger partial charge in [-0.15, -0.1) is 0 Å². The van der Waals surface area contributed by atoms with Crippen LogP contribution >= 0.6 is 11.6 Å². The first-order valence-electron chi connectivity index (χ1n) is 5.60. The fourth-order valence-electron chi connectivity index (χ4n) is 1.85. The Bertz CT molecular complexity index is 790. The number of nitrogens with zero attached hydrogens (tertiary/aromatic N) is 2. The SMILES string of the molecule is Nc1nc2nc(Cc3ccc(Cl)cc3)[nH]c2c(=O)[nH]1. The minimum atomic E-state index is -0.322. The first-order chi connectivity index (χ1) is 9.11. The number of halogens is 1. The third-order valence-corrected chi connectivity index (χ3v) is 2.97. The second-order valence-electron chi connectivity index (χ2n) is 4.14. The molecule has 96 valence electrons. The fourth-order valence-corrected chi connectivity index (χ4v) is 1.98. The van der Waals surface area contributed by atoms with E-state index in [0.717, 1.165) is 5.56 Å². The molecule has 4 N–H and O–H groups in total. The number of nitrogens with one attached hydrogen (secondary N) is 2. The number of aromatic amines is 2. The average molecular weight is 276 g/mol. The molecule has 0 bridgehead atoms. The van der Waals surface area contributed by atoms with E-state index in [1.54, 1.807) is 0 Å². The lowest BCUT2D eigenvalue weighted by Gasteiger charge is -1.97. The third-order valence-electron chi connectivity index (χ3n) is 2.71. The normalized spacial score (nSPS) is 11.0. The van der Waals surface area contributed by atoms with Crippen molar-refractivity contribution in [1.82, 2.24) is 19.9 Å². The summed E-state index contributed by atoms with van der Waals surface area (Å²) < 4.78 is 0. The van der Waals surface area contributed by atoms with Crippen LogP contribution in [0.15, 0.2) is 29.1 Å². The molecule has 3 rings (SSSR count). The summed E-state index contributed by atoms with van der Waals surface area (Å²) in [6.45, 7) is 0. The number of nitrogens with two attached hydrogens (primary N) is 1. The summed E-state index contributed by atoms with van der Waals surface area (Å²) in [5.74, 6) is 0.711. The largest absolute Gasteiger partial charge is 0.369 e. The van der Waals surface area contributed by atoms with E-state index in [2.05, 4.69) is 19.9 Å². The first-order valence-corrected chi connectivity index (χ1v) is 5.98. The van der Waals surface area contributed by atoms with Crippen molar-refractivity contribution in [3.05, 3.63) is 51.0 Å². The highest BCUT2D eigenvalue weighted by Gasteiger charge is 2.09. The second kappa shape index (κ2) is 4.40. The standard InChI is InChI=1S/C12H10ClN5O/c13-7-3-1-6(2-4-7)5-8-15-9-10(16-8)17-12(14)18-11(9)19/h1-4H,5H2,(H4,14,15,16,17,18,19). The summed E-state index contributed by atoms with van der Waals surface area (Å²) >= 11 is 5.82. The molecule has 0 saturated heterocycles. The molecule has 0 unspecified atom stereocenters. The maximum atomic E-state index is 11.6. The molecule has 0 radical (unpaired) electrons. The number of nitrogen functional groups attached to an aromatic ring is 1. The van der Waals surface area contributed by atoms with Gasteiger partial charge in [-0.3, -0.25) is 9.78 Å². The average Bonchev–Trinajstić information content (AvgIpc) is 2.75. The molecular formula is C12H10ClN5O. The molecule has 19 heavy (non-hydrogen) atoms. The molecule has 0 spiro atoms. The maximum Gasteiger partial charge on any atom is 0.278 e. The van der Waals surface area contributed by atoms with Crippen molar-refractivity contribution in [2.45, 2.75) is 6.42 Å². The van der Waals surface area contributed by atoms with Crippen molar-refractivity contribution in [3.8, 4) is 0 Å². The van der Waals surface area contributed by atoms with Crippen molar-refractivity contribution in [2.24, 2.45) is 0 Å². The van der Waals surface area contributed by atoms with Gasteiger partial charge in [-0.1, -0.05) is 23.7 Å². The smallest absolute Gasteiger partial charge is 0.278 e. The summed E-state index contributed by atoms with van der Waals surface area (Å²) in [6.07, 6.45) is 0.562. The van der Waals surface area contributed by atoms with Crippen molar-refractivity contribution >= 4 is 28.7 Å². The highest BCUT2D eigenvalue weighted by molar-refractivity contribution is 6.30. The Labute approximate surface area is 112 Å². The summed E-state index contributed by atoms with van der Waals surface area (Å²) in [7, 11) is 0. The van der Waals surface area contributed by atoms with Gasteiger partial charge in [0.25, 0.3) is 5.56 Å². The molecule has 0 aliphatic heterocycles. The molecule has 0 aliphatic rings. The molecular weight excluding hydrogens is 266 g/mol. The molecule has 6 nitrogen and oxygen atoms in total. The molecule has 7 heteroatoms. The van der Waals surface area contributed by atoms with Gasteiger partial charge in [0.2, 0.25) is 5.95 Å². The van der Waals surface area contributed by atoms with Crippen LogP contribution in [0.3, 0.4) is 0 Å². The van der Waals surface area contributed by atoms with Gasteiger partial charge < -0.3 is 10.7 Å². The molecule has 1 aromatic carbocycles. The summed E-state index contributed by atoms with van der Waals surface area (Å²) in [5.41, 5.74) is 6.84. The topological polar surface area (TPSA) is 100 Å². The lowest BCUT2D eigenvalue weighted by Crippen LogP contribution is -2.10. The Morgan fingerprint density at radius 1 is 1.16 bits per heavy atom. The number of anilines is 1. The van der Waals surface area contributed by atoms with Crippen molar-refractivity contribution in [1.29, 1.82) is 0 Å². The molecule has 0 aliphatic carbocycles. The number of rotatable bonds is 2. The molecule has 2 aromatic heterocycles. The molecule has 2 heterocycles. The monoisotopic (exact) mass is 275 g/mol. The molecule has 3 aromatic rings. The van der Waals surface area contributed by atoms with Gasteiger partial charge in [0.1, 0.15) is 5.82 Å². The summed E-state index contributed by atoms with van der Waals surface area (Å²) in [5, 5.41) is 0.680. The van der Waals surface area contributed by atoms with Gasteiger partial charge >= 0.3 is 0 Å². The van der Waals surface area contributed by atoms with E-state index in [1.165, 1.54) is 0 Å². The molecule has 0 fully saturated rings. The number of H-pyrrole nitrogens is 2. The minimum absolute atomic E-state index is 0.0574. The summed E-state index contributed by atoms with van der Waals surface area (Å²) in [6, 6.07) is 7.42. The predicted molar refractivity (Wildman–Crippen MR) is 73.2 cm³/mol. The Morgan fingerprint density at radius 3 is 2.63 bits per heavy atom. The zero-order valence-electron chi connectivity index (χ0n) is 9.77. The van der Waals surface area contributed by atoms with Gasteiger partial charge in [-0.25, -0.2) is 4.98 Å². The van der Waals surface area contributed by atoms with Crippen LogP contribution in [0, 0.1) is 0 Å². The number of imidazole rings is 1. The van der Waals surface area contributed by atoms with Crippen LogP contribution in [0.5, 0.6) is 0 Å². The molecule has 0 saturated carbocycles. The van der Waals surface area contributed by atoms with E-state index in [0.29, 0.717) is 28.4 Å². The van der Waals surface area contributed by atoms with Crippen molar-refractivity contribution in [2.75, 3.05) is 5.73 Å². The number of benzene rings is 1. The Kier molecular flexibility index (Phi) is 2.72. The highest BCUT2D eigenvalue weighted by atomic mass is 35.5. The van der Waals surface area contributed by atoms with E-state index in [1.807, 2.05) is 24.3 Å². The van der Waals surface area contributed by atoms with Crippen LogP contribution in [0.2, 0.25) is 5.02 Å². The van der Waals surface area contributed by atoms with Gasteiger partial charge in [0.15, 0.2) is 11.2 Å². The number of aromatic nitrogens is 4. The Balaban J connectivity index is 2.00. The Hall–Kier alpha value is -2.34. The first kappa shape index (κ1) is 11.7. The van der Waals surface area contributed by atoms with Crippen molar-refractivity contribution < 1.29 is 0 Å². The van der Waals surface area contributed by atoms with Crippen LogP contribution in [0.1, 0.15) is 11.4 Å². The number of fused-ring (bicyclic) bond motifs is 1. The van der Waals surface area contributed by atoms with E-state index in [-0.39, 0.29) is 11.5 Å². The van der Waals surface area contributed by atoms with Crippen LogP contribution < -0.4 is 11.3 Å². The van der Waals surface area contributed by atoms with Crippen LogP contribution in [0.25, 0.3) is 11.2 Å². The van der Waals surface area contributed by atoms with Gasteiger partial charge in [0, 0.05) is 11.4 Å². The lowest BCUT2D eigenvalue weighted by molar-refractivity contribution is 1.03. The Morgan fingerprint density at radius 2 is 1.89 bits per heavy atom.